The van der Waals surface area contributed by atoms with Crippen LogP contribution < -0.4 is 0 Å². The molecule has 0 aromatic rings. The Labute approximate surface area is 191 Å². The van der Waals surface area contributed by atoms with E-state index in [0.717, 1.165) is 62.7 Å². The average molecular weight is 429 g/mol. The highest BCUT2D eigenvalue weighted by Crippen LogP contribution is 2.60. The van der Waals surface area contributed by atoms with E-state index in [4.69, 9.17) is 0 Å². The minimum atomic E-state index is -0.452. The zero-order chi connectivity index (χ0) is 22.6. The number of hydrogen-bond donors (Lipinski definition) is 2. The minimum absolute atomic E-state index is 0.193. The monoisotopic (exact) mass is 428 g/mol. The molecular weight excluding hydrogens is 380 g/mol. The van der Waals surface area contributed by atoms with E-state index in [-0.39, 0.29) is 6.10 Å². The summed E-state index contributed by atoms with van der Waals surface area (Å²) in [7, 11) is 0. The molecule has 3 fully saturated rings. The highest BCUT2D eigenvalue weighted by molar-refractivity contribution is 5.36. The molecule has 176 valence electrons. The van der Waals surface area contributed by atoms with Crippen LogP contribution in [0, 0.1) is 23.2 Å². The summed E-state index contributed by atoms with van der Waals surface area (Å²) in [6, 6.07) is 0. The minimum Gasteiger partial charge on any atom is -0.393 e. The molecule has 3 rings (SSSR count). The van der Waals surface area contributed by atoms with Gasteiger partial charge in [-0.1, -0.05) is 70.4 Å². The number of fused-ring (bicyclic) bond motifs is 1. The van der Waals surface area contributed by atoms with E-state index < -0.39 is 5.60 Å². The molecule has 3 saturated carbocycles. The molecule has 0 aromatic carbocycles. The molecule has 5 atom stereocenters. The second kappa shape index (κ2) is 10.4. The van der Waals surface area contributed by atoms with E-state index in [1.807, 2.05) is 0 Å². The third kappa shape index (κ3) is 5.56. The van der Waals surface area contributed by atoms with E-state index in [9.17, 15) is 10.2 Å². The SMILES string of the molecule is C=C1CCC(O)C/C1=C/C=C1\CCC[C@]2(C)[C@@H]([C@H](C)CCCC(O)(CC)CC)CC[C@@H]12. The van der Waals surface area contributed by atoms with E-state index in [2.05, 4.69) is 46.4 Å². The maximum absolute atomic E-state index is 10.6. The fourth-order valence-electron chi connectivity index (χ4n) is 7.17. The van der Waals surface area contributed by atoms with Gasteiger partial charge in [-0.3, -0.25) is 0 Å². The molecule has 2 nitrogen and oxygen atoms in total. The smallest absolute Gasteiger partial charge is 0.0642 e. The second-order valence-electron chi connectivity index (χ2n) is 11.3. The zero-order valence-corrected chi connectivity index (χ0v) is 20.8. The highest BCUT2D eigenvalue weighted by Gasteiger charge is 2.50. The molecule has 2 heteroatoms. The Hall–Kier alpha value is -0.860. The Morgan fingerprint density at radius 3 is 2.61 bits per heavy atom. The lowest BCUT2D eigenvalue weighted by Crippen LogP contribution is -2.36. The van der Waals surface area contributed by atoms with E-state index in [1.165, 1.54) is 49.7 Å². The van der Waals surface area contributed by atoms with Crippen LogP contribution in [-0.4, -0.2) is 21.9 Å². The van der Waals surface area contributed by atoms with Gasteiger partial charge in [0.15, 0.2) is 0 Å². The summed E-state index contributed by atoms with van der Waals surface area (Å²) in [6.45, 7) is 13.5. The molecule has 0 radical (unpaired) electrons. The van der Waals surface area contributed by atoms with E-state index in [0.29, 0.717) is 5.41 Å². The number of aliphatic hydroxyl groups excluding tert-OH is 1. The lowest BCUT2D eigenvalue weighted by molar-refractivity contribution is 0.0178. The second-order valence-corrected chi connectivity index (χ2v) is 11.3. The van der Waals surface area contributed by atoms with Crippen LogP contribution in [0.25, 0.3) is 0 Å². The summed E-state index contributed by atoms with van der Waals surface area (Å²) >= 11 is 0. The Balaban J connectivity index is 1.65. The summed E-state index contributed by atoms with van der Waals surface area (Å²) in [5, 5.41) is 20.7. The van der Waals surface area contributed by atoms with Gasteiger partial charge in [-0.15, -0.1) is 0 Å². The van der Waals surface area contributed by atoms with Crippen LogP contribution in [0.1, 0.15) is 111 Å². The quantitative estimate of drug-likeness (QED) is 0.420. The predicted octanol–water partition coefficient (Wildman–Crippen LogP) is 7.51. The van der Waals surface area contributed by atoms with Crippen molar-refractivity contribution in [1.82, 2.24) is 0 Å². The van der Waals surface area contributed by atoms with Crippen LogP contribution in [0.2, 0.25) is 0 Å². The predicted molar refractivity (Wildman–Crippen MR) is 132 cm³/mol. The normalized spacial score (nSPS) is 35.5. The first-order valence-corrected chi connectivity index (χ1v) is 13.2. The van der Waals surface area contributed by atoms with Gasteiger partial charge in [0.2, 0.25) is 0 Å². The lowest BCUT2D eigenvalue weighted by Gasteiger charge is -2.44. The fraction of sp³-hybridized carbons (Fsp3) is 0.793. The summed E-state index contributed by atoms with van der Waals surface area (Å²) < 4.78 is 0. The Morgan fingerprint density at radius 1 is 1.16 bits per heavy atom. The van der Waals surface area contributed by atoms with Gasteiger partial charge in [-0.2, -0.15) is 0 Å². The third-order valence-corrected chi connectivity index (χ3v) is 9.53. The van der Waals surface area contributed by atoms with Gasteiger partial charge < -0.3 is 10.2 Å². The van der Waals surface area contributed by atoms with Crippen LogP contribution in [0.3, 0.4) is 0 Å². The van der Waals surface area contributed by atoms with Gasteiger partial charge in [0.05, 0.1) is 11.7 Å². The van der Waals surface area contributed by atoms with Crippen LogP contribution in [0.15, 0.2) is 35.5 Å². The third-order valence-electron chi connectivity index (χ3n) is 9.53. The molecule has 0 aromatic heterocycles. The first-order valence-electron chi connectivity index (χ1n) is 13.2. The van der Waals surface area contributed by atoms with Gasteiger partial charge in [-0.05, 0) is 99.4 Å². The topological polar surface area (TPSA) is 40.5 Å². The zero-order valence-electron chi connectivity index (χ0n) is 20.8. The first kappa shape index (κ1) is 24.8. The van der Waals surface area contributed by atoms with Crippen molar-refractivity contribution in [3.63, 3.8) is 0 Å². The maximum Gasteiger partial charge on any atom is 0.0642 e. The van der Waals surface area contributed by atoms with Crippen molar-refractivity contribution in [1.29, 1.82) is 0 Å². The van der Waals surface area contributed by atoms with Crippen LogP contribution in [0.4, 0.5) is 0 Å². The standard InChI is InChI=1S/C29H48O2/c1-6-29(31,7-2)19-8-10-22(4)26-16-17-27-23(11-9-18-28(26,27)5)13-14-24-20-25(30)15-12-21(24)3/h13-14,22,25-27,30-31H,3,6-12,15-20H2,1-2,4-5H3/b23-13+,24-14-/t22-,25?,26-,27+,28-/m1/s1. The van der Waals surface area contributed by atoms with Gasteiger partial charge in [0, 0.05) is 0 Å². The van der Waals surface area contributed by atoms with Gasteiger partial charge in [-0.25, -0.2) is 0 Å². The van der Waals surface area contributed by atoms with Crippen LogP contribution in [-0.2, 0) is 0 Å². The van der Waals surface area contributed by atoms with Crippen LogP contribution >= 0.6 is 0 Å². The van der Waals surface area contributed by atoms with Crippen molar-refractivity contribution in [2.24, 2.45) is 23.2 Å². The van der Waals surface area contributed by atoms with Crippen molar-refractivity contribution < 1.29 is 10.2 Å². The molecule has 0 heterocycles. The molecular formula is C29H48O2. The van der Waals surface area contributed by atoms with Gasteiger partial charge in [0.25, 0.3) is 0 Å². The molecule has 1 unspecified atom stereocenters. The maximum atomic E-state index is 10.6. The van der Waals surface area contributed by atoms with E-state index >= 15 is 0 Å². The lowest BCUT2D eigenvalue weighted by atomic mass is 9.60. The largest absolute Gasteiger partial charge is 0.393 e. The average Bonchev–Trinajstić information content (AvgIpc) is 3.11. The molecule has 0 amide bonds. The van der Waals surface area contributed by atoms with Crippen molar-refractivity contribution in [3.8, 4) is 0 Å². The summed E-state index contributed by atoms with van der Waals surface area (Å²) in [4.78, 5) is 0. The Kier molecular flexibility index (Phi) is 8.30. The first-order chi connectivity index (χ1) is 14.7. The fourth-order valence-corrected chi connectivity index (χ4v) is 7.17. The molecule has 0 saturated heterocycles. The van der Waals surface area contributed by atoms with Gasteiger partial charge >= 0.3 is 0 Å². The number of rotatable bonds is 8. The van der Waals surface area contributed by atoms with Crippen LogP contribution in [0.5, 0.6) is 0 Å². The molecule has 0 aliphatic heterocycles. The van der Waals surface area contributed by atoms with Crippen molar-refractivity contribution in [3.05, 3.63) is 35.5 Å². The van der Waals surface area contributed by atoms with Crippen molar-refractivity contribution in [2.75, 3.05) is 0 Å². The number of hydrogen-bond acceptors (Lipinski definition) is 2. The van der Waals surface area contributed by atoms with E-state index in [1.54, 1.807) is 5.57 Å². The number of aliphatic hydroxyl groups is 2. The summed E-state index contributed by atoms with van der Waals surface area (Å²) in [5.41, 5.74) is 4.11. The highest BCUT2D eigenvalue weighted by atomic mass is 16.3. The molecule has 2 N–H and O–H groups in total. The van der Waals surface area contributed by atoms with Crippen molar-refractivity contribution >= 4 is 0 Å². The molecule has 0 spiro atoms. The molecule has 3 aliphatic carbocycles. The Morgan fingerprint density at radius 2 is 1.90 bits per heavy atom. The summed E-state index contributed by atoms with van der Waals surface area (Å²) in [5.74, 6) is 2.26. The summed E-state index contributed by atoms with van der Waals surface area (Å²) in [6.07, 6.45) is 18.7. The Bertz CT molecular complexity index is 683. The molecule has 0 bridgehead atoms. The van der Waals surface area contributed by atoms with Gasteiger partial charge in [0.1, 0.15) is 0 Å². The molecule has 31 heavy (non-hydrogen) atoms. The number of allylic oxidation sites excluding steroid dienone is 4. The molecule has 3 aliphatic rings. The van der Waals surface area contributed by atoms with Crippen molar-refractivity contribution in [2.45, 2.75) is 123 Å².